The van der Waals surface area contributed by atoms with Gasteiger partial charge in [0.15, 0.2) is 0 Å². The zero-order valence-corrected chi connectivity index (χ0v) is 14.3. The van der Waals surface area contributed by atoms with Crippen LogP contribution in [0.25, 0.3) is 0 Å². The Kier molecular flexibility index (Phi) is 5.66. The molecule has 7 heteroatoms. The number of hydrogen-bond donors (Lipinski definition) is 4. The second-order valence-electron chi connectivity index (χ2n) is 6.22. The van der Waals surface area contributed by atoms with Crippen LogP contribution in [0.5, 0.6) is 0 Å². The number of hydrogen-bond acceptors (Lipinski definition) is 5. The van der Waals surface area contributed by atoms with Gasteiger partial charge in [0.1, 0.15) is 0 Å². The first kappa shape index (κ1) is 17.7. The van der Waals surface area contributed by atoms with Crippen LogP contribution in [0.15, 0.2) is 36.7 Å². The van der Waals surface area contributed by atoms with Crippen molar-refractivity contribution in [1.29, 1.82) is 0 Å². The molecule has 0 saturated heterocycles. The molecular formula is C19H21N5O2. The molecule has 0 bridgehead atoms. The van der Waals surface area contributed by atoms with Crippen molar-refractivity contribution >= 4 is 17.7 Å². The Balaban J connectivity index is 1.62. The monoisotopic (exact) mass is 351 g/mol. The Bertz CT molecular complexity index is 826. The minimum atomic E-state index is -0.478. The Morgan fingerprint density at radius 1 is 1.15 bits per heavy atom. The highest BCUT2D eigenvalue weighted by Gasteiger charge is 2.24. The number of nitrogens with two attached hydrogens (primary N) is 1. The first-order valence-corrected chi connectivity index (χ1v) is 8.55. The lowest BCUT2D eigenvalue weighted by Crippen LogP contribution is -2.46. The smallest absolute Gasteiger partial charge is 0.319 e. The topological polar surface area (TPSA) is 113 Å². The van der Waals surface area contributed by atoms with Crippen molar-refractivity contribution in [2.75, 3.05) is 11.1 Å². The number of amides is 2. The summed E-state index contributed by atoms with van der Waals surface area (Å²) in [6.45, 7) is 0. The van der Waals surface area contributed by atoms with E-state index in [0.717, 1.165) is 31.2 Å². The van der Waals surface area contributed by atoms with E-state index in [0.29, 0.717) is 11.3 Å². The molecule has 3 rings (SSSR count). The summed E-state index contributed by atoms with van der Waals surface area (Å²) in [4.78, 5) is 19.9. The number of aliphatic hydroxyl groups is 1. The fourth-order valence-corrected chi connectivity index (χ4v) is 2.84. The van der Waals surface area contributed by atoms with Crippen LogP contribution in [-0.4, -0.2) is 33.3 Å². The van der Waals surface area contributed by atoms with Crippen LogP contribution in [0, 0.1) is 11.8 Å². The highest BCUT2D eigenvalue weighted by Crippen LogP contribution is 2.18. The lowest BCUT2D eigenvalue weighted by molar-refractivity contribution is 0.0955. The number of nitrogens with one attached hydrogen (secondary N) is 2. The van der Waals surface area contributed by atoms with Gasteiger partial charge in [-0.3, -0.25) is 0 Å². The number of rotatable bonds is 2. The summed E-state index contributed by atoms with van der Waals surface area (Å²) in [5.74, 6) is 6.15. The quantitative estimate of drug-likeness (QED) is 0.617. The van der Waals surface area contributed by atoms with E-state index in [2.05, 4.69) is 32.4 Å². The van der Waals surface area contributed by atoms with Crippen LogP contribution in [0.1, 0.15) is 36.8 Å². The van der Waals surface area contributed by atoms with E-state index in [1.165, 1.54) is 0 Å². The first-order chi connectivity index (χ1) is 12.6. The predicted octanol–water partition coefficient (Wildman–Crippen LogP) is 1.88. The van der Waals surface area contributed by atoms with Crippen molar-refractivity contribution in [2.24, 2.45) is 0 Å². The maximum absolute atomic E-state index is 12.2. The zero-order chi connectivity index (χ0) is 18.4. The average Bonchev–Trinajstić information content (AvgIpc) is 2.63. The maximum Gasteiger partial charge on any atom is 0.319 e. The highest BCUT2D eigenvalue weighted by molar-refractivity contribution is 5.89. The normalized spacial score (nSPS) is 19.1. The Hall–Kier alpha value is -3.11. The number of carbonyl (C=O) groups is 1. The largest absolute Gasteiger partial charge is 0.391 e. The second-order valence-corrected chi connectivity index (χ2v) is 6.22. The van der Waals surface area contributed by atoms with Gasteiger partial charge in [0.25, 0.3) is 0 Å². The van der Waals surface area contributed by atoms with Crippen LogP contribution in [0.3, 0.4) is 0 Å². The van der Waals surface area contributed by atoms with Gasteiger partial charge in [0.2, 0.25) is 5.95 Å². The van der Waals surface area contributed by atoms with Crippen molar-refractivity contribution in [3.05, 3.63) is 47.8 Å². The molecule has 0 radical (unpaired) electrons. The van der Waals surface area contributed by atoms with Crippen LogP contribution in [-0.2, 0) is 0 Å². The number of anilines is 2. The molecule has 1 aliphatic rings. The van der Waals surface area contributed by atoms with Gasteiger partial charge in [-0.25, -0.2) is 14.8 Å². The molecule has 134 valence electrons. The van der Waals surface area contributed by atoms with Gasteiger partial charge in [0, 0.05) is 23.6 Å². The van der Waals surface area contributed by atoms with E-state index in [9.17, 15) is 9.90 Å². The Morgan fingerprint density at radius 2 is 1.88 bits per heavy atom. The molecule has 0 aliphatic heterocycles. The fourth-order valence-electron chi connectivity index (χ4n) is 2.84. The number of nitrogens with zero attached hydrogens (tertiary/aromatic N) is 2. The second kappa shape index (κ2) is 8.32. The van der Waals surface area contributed by atoms with E-state index in [1.807, 2.05) is 12.1 Å². The number of urea groups is 1. The predicted molar refractivity (Wildman–Crippen MR) is 99.3 cm³/mol. The molecule has 2 aromatic rings. The molecule has 1 saturated carbocycles. The lowest BCUT2D eigenvalue weighted by Gasteiger charge is -2.28. The van der Waals surface area contributed by atoms with E-state index >= 15 is 0 Å². The SMILES string of the molecule is Nc1ncc(C#Cc2cccc(NC(=O)N[C@@H]3CCCC[C@H]3O)c2)cn1. The van der Waals surface area contributed by atoms with Crippen molar-refractivity contribution in [1.82, 2.24) is 15.3 Å². The molecule has 7 nitrogen and oxygen atoms in total. The number of aromatic nitrogens is 2. The summed E-state index contributed by atoms with van der Waals surface area (Å²) in [5.41, 5.74) is 7.48. The molecule has 26 heavy (non-hydrogen) atoms. The molecule has 1 aliphatic carbocycles. The van der Waals surface area contributed by atoms with E-state index < -0.39 is 6.10 Å². The molecule has 0 unspecified atom stereocenters. The molecule has 1 aromatic heterocycles. The highest BCUT2D eigenvalue weighted by atomic mass is 16.3. The van der Waals surface area contributed by atoms with Crippen LogP contribution in [0.4, 0.5) is 16.4 Å². The summed E-state index contributed by atoms with van der Waals surface area (Å²) in [6, 6.07) is 6.70. The van der Waals surface area contributed by atoms with Crippen LogP contribution >= 0.6 is 0 Å². The average molecular weight is 351 g/mol. The Morgan fingerprint density at radius 3 is 2.65 bits per heavy atom. The van der Waals surface area contributed by atoms with E-state index in [1.54, 1.807) is 24.5 Å². The number of carbonyl (C=O) groups excluding carboxylic acids is 1. The van der Waals surface area contributed by atoms with Crippen LogP contribution < -0.4 is 16.4 Å². The zero-order valence-electron chi connectivity index (χ0n) is 14.3. The minimum absolute atomic E-state index is 0.197. The standard InChI is InChI=1S/C19H21N5O2/c20-18-21-11-14(12-22-18)9-8-13-4-3-5-15(10-13)23-19(26)24-16-6-1-2-7-17(16)25/h3-5,10-12,16-17,25H,1-2,6-7H2,(H2,20,21,22)(H2,23,24,26)/t16-,17-/m1/s1. The van der Waals surface area contributed by atoms with Gasteiger partial charge in [-0.05, 0) is 31.0 Å². The summed E-state index contributed by atoms with van der Waals surface area (Å²) >= 11 is 0. The van der Waals surface area contributed by atoms with Crippen molar-refractivity contribution in [3.63, 3.8) is 0 Å². The van der Waals surface area contributed by atoms with E-state index in [-0.39, 0.29) is 18.0 Å². The maximum atomic E-state index is 12.2. The first-order valence-electron chi connectivity index (χ1n) is 8.55. The molecule has 1 fully saturated rings. The fraction of sp³-hybridized carbons (Fsp3) is 0.316. The molecule has 1 heterocycles. The summed E-state index contributed by atoms with van der Waals surface area (Å²) < 4.78 is 0. The van der Waals surface area contributed by atoms with Crippen molar-refractivity contribution in [2.45, 2.75) is 37.8 Å². The van der Waals surface area contributed by atoms with Crippen LogP contribution in [0.2, 0.25) is 0 Å². The third-order valence-electron chi connectivity index (χ3n) is 4.19. The summed E-state index contributed by atoms with van der Waals surface area (Å²) in [6.07, 6.45) is 6.17. The molecule has 1 aromatic carbocycles. The number of benzene rings is 1. The third kappa shape index (κ3) is 4.94. The van der Waals surface area contributed by atoms with Gasteiger partial charge in [-0.15, -0.1) is 0 Å². The molecule has 5 N–H and O–H groups in total. The van der Waals surface area contributed by atoms with Gasteiger partial charge >= 0.3 is 6.03 Å². The molecular weight excluding hydrogens is 330 g/mol. The lowest BCUT2D eigenvalue weighted by atomic mass is 9.93. The summed E-state index contributed by atoms with van der Waals surface area (Å²) in [5, 5.41) is 15.6. The number of nitrogen functional groups attached to an aromatic ring is 1. The van der Waals surface area contributed by atoms with Gasteiger partial charge in [-0.2, -0.15) is 0 Å². The molecule has 2 amide bonds. The molecule has 2 atom stereocenters. The third-order valence-corrected chi connectivity index (χ3v) is 4.19. The van der Waals surface area contributed by atoms with Crippen molar-refractivity contribution < 1.29 is 9.90 Å². The van der Waals surface area contributed by atoms with Gasteiger partial charge in [-0.1, -0.05) is 30.7 Å². The van der Waals surface area contributed by atoms with Crippen molar-refractivity contribution in [3.8, 4) is 11.8 Å². The summed E-state index contributed by atoms with van der Waals surface area (Å²) in [7, 11) is 0. The Labute approximate surface area is 152 Å². The number of aliphatic hydroxyl groups excluding tert-OH is 1. The van der Waals surface area contributed by atoms with Gasteiger partial charge in [0.05, 0.1) is 17.7 Å². The van der Waals surface area contributed by atoms with E-state index in [4.69, 9.17) is 5.73 Å². The molecule has 0 spiro atoms. The minimum Gasteiger partial charge on any atom is -0.391 e. The van der Waals surface area contributed by atoms with Gasteiger partial charge < -0.3 is 21.5 Å².